The molecule has 0 spiro atoms. The summed E-state index contributed by atoms with van der Waals surface area (Å²) in [5.74, 6) is -1.37. The first-order valence-electron chi connectivity index (χ1n) is 4.55. The third-order valence-corrected chi connectivity index (χ3v) is 2.23. The van der Waals surface area contributed by atoms with Crippen LogP contribution in [0, 0.1) is 5.82 Å². The molecular weight excluding hydrogens is 231 g/mol. The predicted octanol–water partition coefficient (Wildman–Crippen LogP) is 0.720. The van der Waals surface area contributed by atoms with E-state index in [1.54, 1.807) is 0 Å². The number of carbonyl (C=O) groups excluding carboxylic acids is 2. The van der Waals surface area contributed by atoms with Gasteiger partial charge in [-0.05, 0) is 18.2 Å². The molecule has 1 rings (SSSR count). The molecule has 0 saturated heterocycles. The lowest BCUT2D eigenvalue weighted by atomic mass is 10.2. The summed E-state index contributed by atoms with van der Waals surface area (Å²) in [5.41, 5.74) is 5.17. The van der Waals surface area contributed by atoms with E-state index in [4.69, 9.17) is 5.73 Å². The van der Waals surface area contributed by atoms with Crippen LogP contribution in [0.5, 0.6) is 0 Å². The van der Waals surface area contributed by atoms with Crippen molar-refractivity contribution < 1.29 is 14.0 Å². The molecule has 2 amide bonds. The van der Waals surface area contributed by atoms with Crippen LogP contribution < -0.4 is 11.1 Å². The summed E-state index contributed by atoms with van der Waals surface area (Å²) in [6, 6.07) is 3.64. The number of thiol groups is 1. The number of carbonyl (C=O) groups is 2. The number of nitrogens with one attached hydrogen (secondary N) is 1. The van der Waals surface area contributed by atoms with E-state index in [0.29, 0.717) is 0 Å². The number of hydrogen-bond donors (Lipinski definition) is 3. The van der Waals surface area contributed by atoms with Crippen molar-refractivity contribution in [1.82, 2.24) is 5.32 Å². The first-order chi connectivity index (χ1) is 7.50. The van der Waals surface area contributed by atoms with Gasteiger partial charge < -0.3 is 11.1 Å². The molecule has 1 aromatic carbocycles. The van der Waals surface area contributed by atoms with E-state index in [9.17, 15) is 14.0 Å². The molecule has 1 aromatic rings. The molecule has 16 heavy (non-hydrogen) atoms. The van der Waals surface area contributed by atoms with Crippen molar-refractivity contribution >= 4 is 24.4 Å². The van der Waals surface area contributed by atoms with Crippen LogP contribution in [0.4, 0.5) is 4.39 Å². The van der Waals surface area contributed by atoms with Crippen LogP contribution >= 0.6 is 12.6 Å². The number of benzene rings is 1. The number of rotatable bonds is 4. The molecule has 0 atom stereocenters. The van der Waals surface area contributed by atoms with Crippen molar-refractivity contribution in [3.63, 3.8) is 0 Å². The van der Waals surface area contributed by atoms with E-state index in [1.807, 2.05) is 0 Å². The van der Waals surface area contributed by atoms with Crippen LogP contribution in [0.1, 0.15) is 16.8 Å². The maximum absolute atomic E-state index is 12.7. The largest absolute Gasteiger partial charge is 0.370 e. The van der Waals surface area contributed by atoms with Crippen LogP contribution in [-0.4, -0.2) is 18.4 Å². The van der Waals surface area contributed by atoms with Crippen LogP contribution in [0.2, 0.25) is 0 Å². The summed E-state index contributed by atoms with van der Waals surface area (Å²) in [4.78, 5) is 22.2. The molecule has 0 fully saturated rings. The molecular formula is C10H11FN2O2S. The van der Waals surface area contributed by atoms with Gasteiger partial charge >= 0.3 is 0 Å². The minimum atomic E-state index is -0.495. The van der Waals surface area contributed by atoms with Crippen molar-refractivity contribution in [3.8, 4) is 0 Å². The van der Waals surface area contributed by atoms with Gasteiger partial charge in [0, 0.05) is 17.9 Å². The first kappa shape index (κ1) is 12.5. The Balaban J connectivity index is 2.63. The lowest BCUT2D eigenvalue weighted by molar-refractivity contribution is -0.117. The Bertz CT molecular complexity index is 423. The standard InChI is InChI=1S/C10H11FN2O2S/c11-6-1-2-7(8(16)5-6)10(15)13-4-3-9(12)14/h1-2,5,16H,3-4H2,(H2,12,14)(H,13,15). The second-order valence-corrected chi connectivity index (χ2v) is 3.62. The second kappa shape index (κ2) is 5.50. The predicted molar refractivity (Wildman–Crippen MR) is 59.8 cm³/mol. The number of nitrogens with two attached hydrogens (primary N) is 1. The molecule has 86 valence electrons. The lowest BCUT2D eigenvalue weighted by Crippen LogP contribution is -2.28. The SMILES string of the molecule is NC(=O)CCNC(=O)c1ccc(F)cc1S. The molecule has 0 aromatic heterocycles. The summed E-state index contributed by atoms with van der Waals surface area (Å²) in [6.07, 6.45) is 0.0643. The molecule has 0 saturated carbocycles. The maximum Gasteiger partial charge on any atom is 0.252 e. The zero-order chi connectivity index (χ0) is 12.1. The van der Waals surface area contributed by atoms with Crippen molar-refractivity contribution in [1.29, 1.82) is 0 Å². The van der Waals surface area contributed by atoms with Gasteiger partial charge in [0.15, 0.2) is 0 Å². The highest BCUT2D eigenvalue weighted by atomic mass is 32.1. The first-order valence-corrected chi connectivity index (χ1v) is 5.00. The molecule has 6 heteroatoms. The van der Waals surface area contributed by atoms with E-state index in [0.717, 1.165) is 6.07 Å². The number of halogens is 1. The summed E-state index contributed by atoms with van der Waals surface area (Å²) < 4.78 is 12.7. The minimum absolute atomic E-state index is 0.0643. The molecule has 0 aliphatic carbocycles. The van der Waals surface area contributed by atoms with Crippen LogP contribution in [0.15, 0.2) is 23.1 Å². The Morgan fingerprint density at radius 2 is 2.12 bits per heavy atom. The number of primary amides is 1. The van der Waals surface area contributed by atoms with E-state index >= 15 is 0 Å². The van der Waals surface area contributed by atoms with Crippen molar-refractivity contribution in [2.45, 2.75) is 11.3 Å². The monoisotopic (exact) mass is 242 g/mol. The topological polar surface area (TPSA) is 72.2 Å². The highest BCUT2D eigenvalue weighted by Crippen LogP contribution is 2.14. The Hall–Kier alpha value is -1.56. The molecule has 0 aliphatic heterocycles. The van der Waals surface area contributed by atoms with Gasteiger partial charge in [-0.1, -0.05) is 0 Å². The Labute approximate surface area is 97.4 Å². The van der Waals surface area contributed by atoms with E-state index < -0.39 is 17.6 Å². The molecule has 4 nitrogen and oxygen atoms in total. The summed E-state index contributed by atoms with van der Waals surface area (Å²) in [5, 5.41) is 2.48. The summed E-state index contributed by atoms with van der Waals surface area (Å²) >= 11 is 3.98. The average Bonchev–Trinajstić information content (AvgIpc) is 2.16. The fraction of sp³-hybridized carbons (Fsp3) is 0.200. The molecule has 3 N–H and O–H groups in total. The normalized spacial score (nSPS) is 9.88. The lowest BCUT2D eigenvalue weighted by Gasteiger charge is -2.06. The van der Waals surface area contributed by atoms with Crippen LogP contribution in [-0.2, 0) is 4.79 Å². The molecule has 0 unspecified atom stereocenters. The number of hydrogen-bond acceptors (Lipinski definition) is 3. The molecule has 0 bridgehead atoms. The molecule has 0 heterocycles. The number of amides is 2. The molecule has 0 aliphatic rings. The van der Waals surface area contributed by atoms with Gasteiger partial charge in [0.25, 0.3) is 5.91 Å². The van der Waals surface area contributed by atoms with E-state index in [2.05, 4.69) is 17.9 Å². The Morgan fingerprint density at radius 1 is 1.44 bits per heavy atom. The third-order valence-electron chi connectivity index (χ3n) is 1.86. The highest BCUT2D eigenvalue weighted by Gasteiger charge is 2.09. The van der Waals surface area contributed by atoms with Gasteiger partial charge in [-0.2, -0.15) is 0 Å². The van der Waals surface area contributed by atoms with Gasteiger partial charge in [-0.25, -0.2) is 4.39 Å². The van der Waals surface area contributed by atoms with Crippen LogP contribution in [0.25, 0.3) is 0 Å². The highest BCUT2D eigenvalue weighted by molar-refractivity contribution is 7.80. The fourth-order valence-corrected chi connectivity index (χ4v) is 1.39. The third kappa shape index (κ3) is 3.54. The van der Waals surface area contributed by atoms with Gasteiger partial charge in [0.2, 0.25) is 5.91 Å². The zero-order valence-corrected chi connectivity index (χ0v) is 9.26. The van der Waals surface area contributed by atoms with Crippen molar-refractivity contribution in [2.75, 3.05) is 6.54 Å². The summed E-state index contributed by atoms with van der Waals surface area (Å²) in [6.45, 7) is 0.152. The Morgan fingerprint density at radius 3 is 2.69 bits per heavy atom. The zero-order valence-electron chi connectivity index (χ0n) is 8.37. The fourth-order valence-electron chi connectivity index (χ4n) is 1.09. The van der Waals surface area contributed by atoms with Crippen molar-refractivity contribution in [2.24, 2.45) is 5.73 Å². The van der Waals surface area contributed by atoms with Gasteiger partial charge in [-0.3, -0.25) is 9.59 Å². The Kier molecular flexibility index (Phi) is 4.30. The smallest absolute Gasteiger partial charge is 0.252 e. The molecule has 0 radical (unpaired) electrons. The van der Waals surface area contributed by atoms with Crippen LogP contribution in [0.3, 0.4) is 0 Å². The average molecular weight is 242 g/mol. The minimum Gasteiger partial charge on any atom is -0.370 e. The maximum atomic E-state index is 12.7. The quantitative estimate of drug-likeness (QED) is 0.681. The van der Waals surface area contributed by atoms with Crippen molar-refractivity contribution in [3.05, 3.63) is 29.6 Å². The summed E-state index contributed by atoms with van der Waals surface area (Å²) in [7, 11) is 0. The van der Waals surface area contributed by atoms with E-state index in [1.165, 1.54) is 12.1 Å². The van der Waals surface area contributed by atoms with Gasteiger partial charge in [0.1, 0.15) is 5.82 Å². The second-order valence-electron chi connectivity index (χ2n) is 3.13. The van der Waals surface area contributed by atoms with Gasteiger partial charge in [-0.15, -0.1) is 12.6 Å². The van der Waals surface area contributed by atoms with E-state index in [-0.39, 0.29) is 23.4 Å². The van der Waals surface area contributed by atoms with Gasteiger partial charge in [0.05, 0.1) is 5.56 Å².